The molecular formula is C19H27N5O5. The normalized spacial score (nSPS) is 10.7. The molecule has 0 aliphatic carbocycles. The predicted molar refractivity (Wildman–Crippen MR) is 104 cm³/mol. The number of nitrogens with one attached hydrogen (secondary N) is 1. The van der Waals surface area contributed by atoms with Crippen molar-refractivity contribution in [2.45, 2.75) is 13.8 Å². The molecule has 0 radical (unpaired) electrons. The number of aryl methyl sites for hydroxylation is 1. The number of rotatable bonds is 14. The Kier molecular flexibility index (Phi) is 10.5. The van der Waals surface area contributed by atoms with Gasteiger partial charge in [0.15, 0.2) is 5.82 Å². The Labute approximate surface area is 169 Å². The highest BCUT2D eigenvalue weighted by Gasteiger charge is 2.03. The van der Waals surface area contributed by atoms with Crippen molar-refractivity contribution in [3.05, 3.63) is 30.1 Å². The van der Waals surface area contributed by atoms with E-state index in [1.54, 1.807) is 6.92 Å². The molecule has 10 nitrogen and oxygen atoms in total. The molecule has 0 aliphatic heterocycles. The van der Waals surface area contributed by atoms with Gasteiger partial charge in [0, 0.05) is 19.0 Å². The van der Waals surface area contributed by atoms with E-state index in [9.17, 15) is 4.79 Å². The van der Waals surface area contributed by atoms with Crippen LogP contribution in [0.3, 0.4) is 0 Å². The highest BCUT2D eigenvalue weighted by Crippen LogP contribution is 2.18. The van der Waals surface area contributed by atoms with Gasteiger partial charge in [-0.05, 0) is 31.2 Å². The summed E-state index contributed by atoms with van der Waals surface area (Å²) >= 11 is 0. The van der Waals surface area contributed by atoms with Crippen LogP contribution in [0.5, 0.6) is 5.75 Å². The lowest BCUT2D eigenvalue weighted by Crippen LogP contribution is -2.25. The van der Waals surface area contributed by atoms with Crippen molar-refractivity contribution in [2.24, 2.45) is 0 Å². The molecule has 2 aromatic rings. The molecule has 1 heterocycles. The Morgan fingerprint density at radius 1 is 0.828 bits per heavy atom. The number of nitrogens with zero attached hydrogens (tertiary/aromatic N) is 4. The fraction of sp³-hybridized carbons (Fsp3) is 0.526. The third kappa shape index (κ3) is 9.88. The van der Waals surface area contributed by atoms with Gasteiger partial charge in [0.2, 0.25) is 11.7 Å². The van der Waals surface area contributed by atoms with Gasteiger partial charge in [-0.15, -0.1) is 20.4 Å². The van der Waals surface area contributed by atoms with Crippen molar-refractivity contribution >= 4 is 5.91 Å². The topological polar surface area (TPSA) is 118 Å². The summed E-state index contributed by atoms with van der Waals surface area (Å²) in [4.78, 5) is 10.7. The minimum absolute atomic E-state index is 0.0602. The van der Waals surface area contributed by atoms with Crippen molar-refractivity contribution in [1.82, 2.24) is 25.7 Å². The number of amides is 1. The standard InChI is InChI=1S/C19H27N5O5/c1-15-21-23-19(24-22-15)17-3-5-18(6-4-17)29-14-13-28-12-11-27-10-9-26-8-7-20-16(2)25/h3-6H,7-14H2,1-2H3,(H,20,25). The second-order valence-electron chi connectivity index (χ2n) is 5.96. The summed E-state index contributed by atoms with van der Waals surface area (Å²) in [5.74, 6) is 1.68. The summed E-state index contributed by atoms with van der Waals surface area (Å²) in [6, 6.07) is 7.40. The molecule has 10 heteroatoms. The van der Waals surface area contributed by atoms with E-state index in [2.05, 4.69) is 25.7 Å². The van der Waals surface area contributed by atoms with Gasteiger partial charge in [0.25, 0.3) is 0 Å². The van der Waals surface area contributed by atoms with Crippen molar-refractivity contribution in [1.29, 1.82) is 0 Å². The van der Waals surface area contributed by atoms with Gasteiger partial charge < -0.3 is 24.3 Å². The molecule has 0 unspecified atom stereocenters. The van der Waals surface area contributed by atoms with Gasteiger partial charge >= 0.3 is 0 Å². The van der Waals surface area contributed by atoms with Gasteiger partial charge in [-0.25, -0.2) is 0 Å². The van der Waals surface area contributed by atoms with E-state index in [1.807, 2.05) is 24.3 Å². The van der Waals surface area contributed by atoms with Gasteiger partial charge in [0.1, 0.15) is 12.4 Å². The summed E-state index contributed by atoms with van der Waals surface area (Å²) in [7, 11) is 0. The first-order valence-electron chi connectivity index (χ1n) is 9.40. The lowest BCUT2D eigenvalue weighted by atomic mass is 10.2. The minimum atomic E-state index is -0.0602. The van der Waals surface area contributed by atoms with Crippen molar-refractivity contribution < 1.29 is 23.7 Å². The second-order valence-corrected chi connectivity index (χ2v) is 5.96. The molecule has 158 valence electrons. The van der Waals surface area contributed by atoms with Crippen LogP contribution in [0.25, 0.3) is 11.4 Å². The van der Waals surface area contributed by atoms with Gasteiger partial charge in [-0.2, -0.15) is 0 Å². The minimum Gasteiger partial charge on any atom is -0.491 e. The number of benzene rings is 1. The van der Waals surface area contributed by atoms with Crippen LogP contribution in [0, 0.1) is 6.92 Å². The number of hydrogen-bond donors (Lipinski definition) is 1. The van der Waals surface area contributed by atoms with Crippen LogP contribution in [-0.2, 0) is 19.0 Å². The predicted octanol–water partition coefficient (Wildman–Crippen LogP) is 0.807. The SMILES string of the molecule is CC(=O)NCCOCCOCCOCCOc1ccc(-c2nnc(C)nn2)cc1. The van der Waals surface area contributed by atoms with E-state index < -0.39 is 0 Å². The molecule has 0 atom stereocenters. The van der Waals surface area contributed by atoms with Gasteiger partial charge in [0.05, 0.1) is 39.6 Å². The van der Waals surface area contributed by atoms with Crippen molar-refractivity contribution in [2.75, 3.05) is 52.8 Å². The van der Waals surface area contributed by atoms with E-state index in [0.717, 1.165) is 11.3 Å². The summed E-state index contributed by atoms with van der Waals surface area (Å²) in [6.07, 6.45) is 0. The summed E-state index contributed by atoms with van der Waals surface area (Å²) < 4.78 is 21.8. The molecule has 0 saturated heterocycles. The van der Waals surface area contributed by atoms with E-state index >= 15 is 0 Å². The first-order valence-corrected chi connectivity index (χ1v) is 9.40. The molecule has 29 heavy (non-hydrogen) atoms. The van der Waals surface area contributed by atoms with Gasteiger partial charge in [-0.3, -0.25) is 4.79 Å². The summed E-state index contributed by atoms with van der Waals surface area (Å²) in [6.45, 7) is 7.05. The zero-order valence-corrected chi connectivity index (χ0v) is 16.8. The highest BCUT2D eigenvalue weighted by molar-refractivity contribution is 5.72. The number of aromatic nitrogens is 4. The molecule has 0 spiro atoms. The van der Waals surface area contributed by atoms with Crippen LogP contribution in [0.4, 0.5) is 0 Å². The molecule has 1 N–H and O–H groups in total. The van der Waals surface area contributed by atoms with Crippen LogP contribution in [0.15, 0.2) is 24.3 Å². The van der Waals surface area contributed by atoms with E-state index in [0.29, 0.717) is 64.4 Å². The van der Waals surface area contributed by atoms with Crippen molar-refractivity contribution in [3.63, 3.8) is 0 Å². The van der Waals surface area contributed by atoms with E-state index in [4.69, 9.17) is 18.9 Å². The maximum Gasteiger partial charge on any atom is 0.216 e. The van der Waals surface area contributed by atoms with Crippen LogP contribution in [0.1, 0.15) is 12.7 Å². The quantitative estimate of drug-likeness (QED) is 0.455. The lowest BCUT2D eigenvalue weighted by molar-refractivity contribution is -0.119. The Hall–Kier alpha value is -2.69. The van der Waals surface area contributed by atoms with E-state index in [-0.39, 0.29) is 5.91 Å². The summed E-state index contributed by atoms with van der Waals surface area (Å²) in [5, 5.41) is 18.4. The number of carbonyl (C=O) groups is 1. The summed E-state index contributed by atoms with van der Waals surface area (Å²) in [5.41, 5.74) is 0.824. The van der Waals surface area contributed by atoms with Crippen molar-refractivity contribution in [3.8, 4) is 17.1 Å². The second kappa shape index (κ2) is 13.5. The van der Waals surface area contributed by atoms with Gasteiger partial charge in [-0.1, -0.05) is 0 Å². The van der Waals surface area contributed by atoms with Crippen LogP contribution < -0.4 is 10.1 Å². The maximum absolute atomic E-state index is 10.7. The highest BCUT2D eigenvalue weighted by atomic mass is 16.6. The average molecular weight is 405 g/mol. The molecule has 0 aliphatic rings. The maximum atomic E-state index is 10.7. The monoisotopic (exact) mass is 405 g/mol. The Morgan fingerprint density at radius 2 is 1.38 bits per heavy atom. The fourth-order valence-corrected chi connectivity index (χ4v) is 2.15. The fourth-order valence-electron chi connectivity index (χ4n) is 2.15. The molecule has 0 saturated carbocycles. The Morgan fingerprint density at radius 3 is 1.97 bits per heavy atom. The Balaban J connectivity index is 1.45. The molecule has 0 bridgehead atoms. The smallest absolute Gasteiger partial charge is 0.216 e. The molecular weight excluding hydrogens is 378 g/mol. The first kappa shape index (κ1) is 22.6. The Bertz CT molecular complexity index is 712. The molecule has 1 aromatic carbocycles. The largest absolute Gasteiger partial charge is 0.491 e. The number of carbonyl (C=O) groups excluding carboxylic acids is 1. The van der Waals surface area contributed by atoms with E-state index in [1.165, 1.54) is 6.92 Å². The van der Waals surface area contributed by atoms with Crippen LogP contribution >= 0.6 is 0 Å². The zero-order chi connectivity index (χ0) is 20.7. The zero-order valence-electron chi connectivity index (χ0n) is 16.8. The third-order valence-corrected chi connectivity index (χ3v) is 3.55. The third-order valence-electron chi connectivity index (χ3n) is 3.55. The van der Waals surface area contributed by atoms with Crippen LogP contribution in [0.2, 0.25) is 0 Å². The molecule has 0 fully saturated rings. The average Bonchev–Trinajstić information content (AvgIpc) is 2.72. The van der Waals surface area contributed by atoms with Crippen LogP contribution in [-0.4, -0.2) is 79.1 Å². The molecule has 1 aromatic heterocycles. The number of ether oxygens (including phenoxy) is 4. The molecule has 2 rings (SSSR count). The number of hydrogen-bond acceptors (Lipinski definition) is 9. The lowest BCUT2D eigenvalue weighted by Gasteiger charge is -2.08. The first-order chi connectivity index (χ1) is 14.1. The molecule has 1 amide bonds.